The van der Waals surface area contributed by atoms with Crippen molar-refractivity contribution in [1.82, 2.24) is 5.32 Å². The van der Waals surface area contributed by atoms with Crippen LogP contribution in [0.2, 0.25) is 0 Å². The molecule has 11 heavy (non-hydrogen) atoms. The molecule has 0 radical (unpaired) electrons. The summed E-state index contributed by atoms with van der Waals surface area (Å²) in [5, 5.41) is 11.7. The molecule has 0 spiro atoms. The van der Waals surface area contributed by atoms with E-state index in [4.69, 9.17) is 5.26 Å². The fraction of sp³-hybridized carbons (Fsp3) is 0.889. The van der Waals surface area contributed by atoms with Gasteiger partial charge in [-0.25, -0.2) is 0 Å². The molecule has 0 amide bonds. The molecule has 0 aromatic carbocycles. The van der Waals surface area contributed by atoms with Crippen LogP contribution in [0.5, 0.6) is 0 Å². The maximum atomic E-state index is 8.28. The third kappa shape index (κ3) is 3.38. The van der Waals surface area contributed by atoms with Crippen molar-refractivity contribution < 1.29 is 0 Å². The molecule has 1 aliphatic rings. The van der Waals surface area contributed by atoms with Crippen LogP contribution < -0.4 is 5.32 Å². The first-order chi connectivity index (χ1) is 5.43. The second-order valence-electron chi connectivity index (χ2n) is 3.20. The average Bonchev–Trinajstić information content (AvgIpc) is 2.50. The minimum Gasteiger partial charge on any atom is -0.314 e. The highest BCUT2D eigenvalue weighted by Crippen LogP contribution is 2.17. The molecule has 1 rings (SSSR count). The van der Waals surface area contributed by atoms with Crippen LogP contribution in [0.3, 0.4) is 0 Å². The largest absolute Gasteiger partial charge is 0.314 e. The third-order valence-electron chi connectivity index (χ3n) is 2.25. The lowest BCUT2D eigenvalue weighted by molar-refractivity contribution is 0.517. The Morgan fingerprint density at radius 2 is 2.09 bits per heavy atom. The summed E-state index contributed by atoms with van der Waals surface area (Å²) in [6.07, 6.45) is 7.15. The topological polar surface area (TPSA) is 35.8 Å². The highest BCUT2D eigenvalue weighted by molar-refractivity contribution is 4.75. The summed E-state index contributed by atoms with van der Waals surface area (Å²) in [7, 11) is 0. The van der Waals surface area contributed by atoms with Gasteiger partial charge < -0.3 is 5.32 Å². The van der Waals surface area contributed by atoms with Crippen LogP contribution in [0, 0.1) is 11.3 Å². The predicted octanol–water partition coefficient (Wildman–Crippen LogP) is 1.82. The molecule has 0 aromatic rings. The van der Waals surface area contributed by atoms with Gasteiger partial charge in [0.05, 0.1) is 6.07 Å². The van der Waals surface area contributed by atoms with E-state index in [1.54, 1.807) is 0 Å². The van der Waals surface area contributed by atoms with Crippen LogP contribution in [0.1, 0.15) is 38.5 Å². The molecule has 2 heteroatoms. The summed E-state index contributed by atoms with van der Waals surface area (Å²) in [5.41, 5.74) is 0. The number of unbranched alkanes of at least 4 members (excludes halogenated alkanes) is 1. The van der Waals surface area contributed by atoms with Gasteiger partial charge in [-0.15, -0.1) is 0 Å². The van der Waals surface area contributed by atoms with E-state index in [-0.39, 0.29) is 0 Å². The van der Waals surface area contributed by atoms with E-state index >= 15 is 0 Å². The normalized spacial score (nSPS) is 18.5. The van der Waals surface area contributed by atoms with Crippen molar-refractivity contribution in [2.75, 3.05) is 6.54 Å². The molecule has 1 N–H and O–H groups in total. The molecule has 1 saturated carbocycles. The van der Waals surface area contributed by atoms with E-state index < -0.39 is 0 Å². The first-order valence-corrected chi connectivity index (χ1v) is 4.54. The van der Waals surface area contributed by atoms with Crippen molar-refractivity contribution in [2.45, 2.75) is 44.6 Å². The Morgan fingerprint density at radius 1 is 1.36 bits per heavy atom. The van der Waals surface area contributed by atoms with E-state index in [0.29, 0.717) is 6.42 Å². The van der Waals surface area contributed by atoms with Crippen LogP contribution in [-0.4, -0.2) is 12.6 Å². The van der Waals surface area contributed by atoms with Crippen molar-refractivity contribution in [3.63, 3.8) is 0 Å². The van der Waals surface area contributed by atoms with Gasteiger partial charge in [0, 0.05) is 12.5 Å². The molecule has 1 aliphatic carbocycles. The zero-order valence-corrected chi connectivity index (χ0v) is 6.97. The number of rotatable bonds is 4. The maximum absolute atomic E-state index is 8.28. The van der Waals surface area contributed by atoms with Gasteiger partial charge in [0.1, 0.15) is 0 Å². The van der Waals surface area contributed by atoms with Gasteiger partial charge in [0.25, 0.3) is 0 Å². The standard InChI is InChI=1S/C9H16N2/c10-7-3-4-8-11-9-5-1-2-6-9/h9,11H,1-6,8H2. The Balaban J connectivity index is 1.90. The smallest absolute Gasteiger partial charge is 0.0622 e. The summed E-state index contributed by atoms with van der Waals surface area (Å²) in [6, 6.07) is 2.91. The van der Waals surface area contributed by atoms with Gasteiger partial charge in [-0.3, -0.25) is 0 Å². The minimum atomic E-state index is 0.694. The molecular weight excluding hydrogens is 136 g/mol. The van der Waals surface area contributed by atoms with E-state index in [1.165, 1.54) is 25.7 Å². The fourth-order valence-corrected chi connectivity index (χ4v) is 1.60. The molecule has 0 bridgehead atoms. The molecule has 0 atom stereocenters. The number of hydrogen-bond acceptors (Lipinski definition) is 2. The van der Waals surface area contributed by atoms with Crippen molar-refractivity contribution in [2.24, 2.45) is 0 Å². The molecule has 62 valence electrons. The molecule has 2 nitrogen and oxygen atoms in total. The summed E-state index contributed by atoms with van der Waals surface area (Å²) < 4.78 is 0. The van der Waals surface area contributed by atoms with Gasteiger partial charge in [-0.05, 0) is 25.8 Å². The SMILES string of the molecule is N#CCCCNC1CCCC1. The van der Waals surface area contributed by atoms with E-state index in [1.807, 2.05) is 0 Å². The Morgan fingerprint density at radius 3 is 2.73 bits per heavy atom. The Hall–Kier alpha value is -0.550. The van der Waals surface area contributed by atoms with Crippen molar-refractivity contribution in [3.8, 4) is 6.07 Å². The zero-order chi connectivity index (χ0) is 7.94. The molecule has 0 heterocycles. The van der Waals surface area contributed by atoms with Crippen LogP contribution >= 0.6 is 0 Å². The predicted molar refractivity (Wildman–Crippen MR) is 45.1 cm³/mol. The van der Waals surface area contributed by atoms with E-state index in [0.717, 1.165) is 19.0 Å². The summed E-state index contributed by atoms with van der Waals surface area (Å²) in [6.45, 7) is 1.03. The number of nitrogens with zero attached hydrogens (tertiary/aromatic N) is 1. The molecule has 1 fully saturated rings. The number of hydrogen-bond donors (Lipinski definition) is 1. The van der Waals surface area contributed by atoms with Crippen LogP contribution in [0.25, 0.3) is 0 Å². The number of nitrogens with one attached hydrogen (secondary N) is 1. The highest BCUT2D eigenvalue weighted by atomic mass is 14.9. The van der Waals surface area contributed by atoms with Crippen molar-refractivity contribution in [3.05, 3.63) is 0 Å². The highest BCUT2D eigenvalue weighted by Gasteiger charge is 2.12. The average molecular weight is 152 g/mol. The maximum Gasteiger partial charge on any atom is 0.0622 e. The summed E-state index contributed by atoms with van der Waals surface area (Å²) in [5.74, 6) is 0. The lowest BCUT2D eigenvalue weighted by atomic mass is 10.2. The number of nitriles is 1. The molecule has 0 saturated heterocycles. The molecule has 0 unspecified atom stereocenters. The van der Waals surface area contributed by atoms with Gasteiger partial charge in [0.15, 0.2) is 0 Å². The molecular formula is C9H16N2. The van der Waals surface area contributed by atoms with Gasteiger partial charge in [0.2, 0.25) is 0 Å². The lowest BCUT2D eigenvalue weighted by Crippen LogP contribution is -2.26. The zero-order valence-electron chi connectivity index (χ0n) is 6.97. The first kappa shape index (κ1) is 8.55. The van der Waals surface area contributed by atoms with E-state index in [9.17, 15) is 0 Å². The quantitative estimate of drug-likeness (QED) is 0.624. The van der Waals surface area contributed by atoms with Crippen LogP contribution in [0.4, 0.5) is 0 Å². The first-order valence-electron chi connectivity index (χ1n) is 4.54. The second-order valence-corrected chi connectivity index (χ2v) is 3.20. The molecule has 0 aliphatic heterocycles. The fourth-order valence-electron chi connectivity index (χ4n) is 1.60. The van der Waals surface area contributed by atoms with Crippen LogP contribution in [-0.2, 0) is 0 Å². The van der Waals surface area contributed by atoms with Crippen LogP contribution in [0.15, 0.2) is 0 Å². The van der Waals surface area contributed by atoms with Gasteiger partial charge >= 0.3 is 0 Å². The summed E-state index contributed by atoms with van der Waals surface area (Å²) >= 11 is 0. The lowest BCUT2D eigenvalue weighted by Gasteiger charge is -2.09. The van der Waals surface area contributed by atoms with Gasteiger partial charge in [-0.2, -0.15) is 5.26 Å². The minimum absolute atomic E-state index is 0.694. The Kier molecular flexibility index (Phi) is 4.00. The Labute approximate surface area is 68.6 Å². The van der Waals surface area contributed by atoms with E-state index in [2.05, 4.69) is 11.4 Å². The molecule has 0 aromatic heterocycles. The Bertz CT molecular complexity index is 131. The van der Waals surface area contributed by atoms with Crippen molar-refractivity contribution >= 4 is 0 Å². The van der Waals surface area contributed by atoms with Gasteiger partial charge in [-0.1, -0.05) is 12.8 Å². The third-order valence-corrected chi connectivity index (χ3v) is 2.25. The van der Waals surface area contributed by atoms with Crippen molar-refractivity contribution in [1.29, 1.82) is 5.26 Å². The monoisotopic (exact) mass is 152 g/mol. The second kappa shape index (κ2) is 5.15. The summed E-state index contributed by atoms with van der Waals surface area (Å²) in [4.78, 5) is 0.